The van der Waals surface area contributed by atoms with Crippen molar-refractivity contribution in [3.05, 3.63) is 146 Å². The zero-order valence-corrected chi connectivity index (χ0v) is 23.0. The van der Waals surface area contributed by atoms with E-state index in [4.69, 9.17) is 0 Å². The minimum Gasteiger partial charge on any atom is -0.305 e. The van der Waals surface area contributed by atoms with E-state index in [1.54, 1.807) is 24.8 Å². The van der Waals surface area contributed by atoms with E-state index in [1.807, 2.05) is 91.0 Å². The zero-order valence-electron chi connectivity index (χ0n) is 20.6. The van der Waals surface area contributed by atoms with E-state index in [9.17, 15) is 0 Å². The minimum atomic E-state index is 0. The summed E-state index contributed by atoms with van der Waals surface area (Å²) in [5.74, 6) is 0. The molecule has 2 aromatic carbocycles. The first-order chi connectivity index (χ1) is 18.3. The SMILES string of the molecule is Cc1c[c-]c(-c2ccccn2)cc1.[Ir].[c-]1ccccc1-c1ccccn1.c1ccc(-c2cnncn2)nc1. The summed E-state index contributed by atoms with van der Waals surface area (Å²) in [6.45, 7) is 2.05. The average Bonchev–Trinajstić information content (AvgIpc) is 3.00. The van der Waals surface area contributed by atoms with Crippen molar-refractivity contribution in [3.63, 3.8) is 0 Å². The molecule has 6 nitrogen and oxygen atoms in total. The number of aryl methyl sites for hydroxylation is 1. The van der Waals surface area contributed by atoms with E-state index < -0.39 is 0 Å². The van der Waals surface area contributed by atoms with E-state index in [2.05, 4.69) is 55.3 Å². The first-order valence-electron chi connectivity index (χ1n) is 11.6. The van der Waals surface area contributed by atoms with Gasteiger partial charge in [-0.3, -0.25) is 4.98 Å². The van der Waals surface area contributed by atoms with Crippen LogP contribution in [0.1, 0.15) is 5.56 Å². The van der Waals surface area contributed by atoms with Gasteiger partial charge in [-0.05, 0) is 35.7 Å². The van der Waals surface area contributed by atoms with E-state index >= 15 is 0 Å². The summed E-state index contributed by atoms with van der Waals surface area (Å²) < 4.78 is 0. The number of aromatic nitrogens is 6. The molecule has 0 aliphatic carbocycles. The molecule has 0 bridgehead atoms. The second kappa shape index (κ2) is 15.6. The number of pyridine rings is 3. The van der Waals surface area contributed by atoms with Crippen LogP contribution in [0.5, 0.6) is 0 Å². The standard InChI is InChI=1S/C12H10N.C11H8N.C8H6N4.Ir/c1-10-5-7-11(8-6-10)12-4-2-3-9-13-12;1-2-6-10(7-3-1)11-8-4-5-9-12-11;1-2-4-9-7(3-1)8-5-11-12-6-10-8;/h2-7,9H,1H3;1-6,8-9H;1-6H;/q2*-1;;. The molecule has 6 rings (SSSR count). The summed E-state index contributed by atoms with van der Waals surface area (Å²) in [5.41, 5.74) is 6.81. The molecule has 0 aliphatic heterocycles. The number of hydrogen-bond acceptors (Lipinski definition) is 6. The molecule has 38 heavy (non-hydrogen) atoms. The molecule has 0 spiro atoms. The van der Waals surface area contributed by atoms with Crippen molar-refractivity contribution < 1.29 is 20.1 Å². The Hall–Kier alpha value is -4.45. The van der Waals surface area contributed by atoms with Crippen LogP contribution in [-0.2, 0) is 20.1 Å². The summed E-state index contributed by atoms with van der Waals surface area (Å²) in [6.07, 6.45) is 8.29. The van der Waals surface area contributed by atoms with Crippen molar-refractivity contribution in [2.75, 3.05) is 0 Å². The van der Waals surface area contributed by atoms with Crippen molar-refractivity contribution in [2.24, 2.45) is 0 Å². The van der Waals surface area contributed by atoms with Crippen LogP contribution in [0.3, 0.4) is 0 Å². The van der Waals surface area contributed by atoms with Gasteiger partial charge >= 0.3 is 0 Å². The molecular weight excluding hydrogens is 649 g/mol. The Labute approximate surface area is 236 Å². The van der Waals surface area contributed by atoms with Gasteiger partial charge in [-0.1, -0.05) is 37.3 Å². The predicted octanol–water partition coefficient (Wildman–Crippen LogP) is 6.34. The molecule has 189 valence electrons. The molecule has 0 aliphatic rings. The van der Waals surface area contributed by atoms with Crippen molar-refractivity contribution >= 4 is 0 Å². The number of rotatable bonds is 3. The molecular formula is C31H24IrN6-2. The Bertz CT molecular complexity index is 1290. The molecule has 0 atom stereocenters. The van der Waals surface area contributed by atoms with E-state index in [1.165, 1.54) is 11.9 Å². The Morgan fingerprint density at radius 1 is 0.526 bits per heavy atom. The van der Waals surface area contributed by atoms with Gasteiger partial charge in [0.15, 0.2) is 0 Å². The van der Waals surface area contributed by atoms with Gasteiger partial charge in [0.05, 0.1) is 11.9 Å². The van der Waals surface area contributed by atoms with Gasteiger partial charge in [0.25, 0.3) is 0 Å². The Kier molecular flexibility index (Phi) is 11.6. The monoisotopic (exact) mass is 673 g/mol. The van der Waals surface area contributed by atoms with Crippen molar-refractivity contribution in [1.82, 2.24) is 30.1 Å². The van der Waals surface area contributed by atoms with E-state index in [0.717, 1.165) is 33.9 Å². The van der Waals surface area contributed by atoms with Crippen LogP contribution in [-0.4, -0.2) is 30.1 Å². The maximum Gasteiger partial charge on any atom is 0.138 e. The summed E-state index contributed by atoms with van der Waals surface area (Å²) in [7, 11) is 0. The molecule has 0 saturated heterocycles. The fourth-order valence-electron chi connectivity index (χ4n) is 3.14. The van der Waals surface area contributed by atoms with Gasteiger partial charge < -0.3 is 9.97 Å². The summed E-state index contributed by atoms with van der Waals surface area (Å²) in [6, 6.07) is 37.6. The second-order valence-corrected chi connectivity index (χ2v) is 7.69. The number of hydrogen-bond donors (Lipinski definition) is 0. The number of benzene rings is 2. The molecule has 4 aromatic heterocycles. The summed E-state index contributed by atoms with van der Waals surface area (Å²) >= 11 is 0. The minimum absolute atomic E-state index is 0. The molecule has 0 amide bonds. The molecule has 1 radical (unpaired) electrons. The Balaban J connectivity index is 0.000000156. The van der Waals surface area contributed by atoms with Gasteiger partial charge in [0.1, 0.15) is 12.0 Å². The summed E-state index contributed by atoms with van der Waals surface area (Å²) in [5, 5.41) is 7.29. The molecule has 7 heteroatoms. The Morgan fingerprint density at radius 3 is 1.61 bits per heavy atom. The first-order valence-corrected chi connectivity index (χ1v) is 11.6. The fraction of sp³-hybridized carbons (Fsp3) is 0.0323. The maximum atomic E-state index is 4.25. The van der Waals surface area contributed by atoms with Gasteiger partial charge in [-0.25, -0.2) is 4.98 Å². The fourth-order valence-corrected chi connectivity index (χ4v) is 3.14. The second-order valence-electron chi connectivity index (χ2n) is 7.69. The molecule has 0 unspecified atom stereocenters. The third-order valence-electron chi connectivity index (χ3n) is 4.98. The molecule has 0 saturated carbocycles. The number of nitrogens with zero attached hydrogens (tertiary/aromatic N) is 6. The zero-order chi connectivity index (χ0) is 25.5. The van der Waals surface area contributed by atoms with E-state index in [-0.39, 0.29) is 20.1 Å². The van der Waals surface area contributed by atoms with Gasteiger partial charge in [0, 0.05) is 38.7 Å². The van der Waals surface area contributed by atoms with Crippen molar-refractivity contribution in [1.29, 1.82) is 0 Å². The maximum absolute atomic E-state index is 4.25. The third kappa shape index (κ3) is 8.89. The van der Waals surface area contributed by atoms with E-state index in [0.29, 0.717) is 0 Å². The van der Waals surface area contributed by atoms with Crippen LogP contribution in [0.2, 0.25) is 0 Å². The third-order valence-corrected chi connectivity index (χ3v) is 4.98. The predicted molar refractivity (Wildman–Crippen MR) is 145 cm³/mol. The molecule has 0 fully saturated rings. The van der Waals surface area contributed by atoms with Crippen LogP contribution >= 0.6 is 0 Å². The Morgan fingerprint density at radius 2 is 1.13 bits per heavy atom. The first kappa shape index (κ1) is 28.1. The smallest absolute Gasteiger partial charge is 0.138 e. The molecule has 4 heterocycles. The van der Waals surface area contributed by atoms with Crippen LogP contribution in [0.25, 0.3) is 33.9 Å². The normalized spacial score (nSPS) is 9.50. The summed E-state index contributed by atoms with van der Waals surface area (Å²) in [4.78, 5) is 16.6. The molecule has 0 N–H and O–H groups in total. The topological polar surface area (TPSA) is 77.3 Å². The van der Waals surface area contributed by atoms with Crippen LogP contribution in [0.15, 0.2) is 128 Å². The average molecular weight is 673 g/mol. The molecule has 6 aromatic rings. The van der Waals surface area contributed by atoms with Crippen LogP contribution < -0.4 is 0 Å². The van der Waals surface area contributed by atoms with Gasteiger partial charge in [0.2, 0.25) is 0 Å². The van der Waals surface area contributed by atoms with Gasteiger partial charge in [-0.15, -0.1) is 76.4 Å². The quantitative estimate of drug-likeness (QED) is 0.205. The van der Waals surface area contributed by atoms with Crippen molar-refractivity contribution in [2.45, 2.75) is 6.92 Å². The van der Waals surface area contributed by atoms with Crippen molar-refractivity contribution in [3.8, 4) is 33.9 Å². The van der Waals surface area contributed by atoms with Crippen LogP contribution in [0, 0.1) is 19.1 Å². The van der Waals surface area contributed by atoms with Crippen LogP contribution in [0.4, 0.5) is 0 Å². The largest absolute Gasteiger partial charge is 0.305 e. The van der Waals surface area contributed by atoms with Gasteiger partial charge in [-0.2, -0.15) is 5.10 Å².